The number of hydrogen-bond donors (Lipinski definition) is 6. The van der Waals surface area contributed by atoms with Crippen LogP contribution in [-0.2, 0) is 0 Å². The molecule has 1 unspecified atom stereocenters. The summed E-state index contributed by atoms with van der Waals surface area (Å²) in [4.78, 5) is 11.0. The van der Waals surface area contributed by atoms with Crippen molar-refractivity contribution < 1.29 is 15.3 Å². The summed E-state index contributed by atoms with van der Waals surface area (Å²) in [6.07, 6.45) is 0.964. The fraction of sp³-hybridized carbons (Fsp3) is 0.455. The molecule has 3 heterocycles. The van der Waals surface area contributed by atoms with Crippen molar-refractivity contribution in [2.24, 2.45) is 0 Å². The number of fused-ring (bicyclic) bond motifs is 1. The maximum atomic E-state index is 10.0. The number of aliphatic hydroxyl groups is 3. The Morgan fingerprint density at radius 3 is 2.74 bits per heavy atom. The number of aromatic nitrogens is 3. The SMILES string of the molecule is Nc1ncnc2c(C3N[C@H](CO)[C@H](O)[C@@H]3O)c[nH]c12. The Morgan fingerprint density at radius 1 is 1.26 bits per heavy atom. The van der Waals surface area contributed by atoms with Crippen LogP contribution in [0.25, 0.3) is 11.0 Å². The molecule has 1 aliphatic heterocycles. The molecule has 1 saturated heterocycles. The second kappa shape index (κ2) is 4.42. The molecule has 102 valence electrons. The molecule has 2 aromatic rings. The van der Waals surface area contributed by atoms with E-state index in [2.05, 4.69) is 20.3 Å². The molecule has 0 spiro atoms. The van der Waals surface area contributed by atoms with E-state index < -0.39 is 24.3 Å². The first kappa shape index (κ1) is 12.3. The van der Waals surface area contributed by atoms with Gasteiger partial charge in [0.15, 0.2) is 5.82 Å². The summed E-state index contributed by atoms with van der Waals surface area (Å²) in [6.45, 7) is -0.256. The Bertz CT molecular complexity index is 601. The summed E-state index contributed by atoms with van der Waals surface area (Å²) >= 11 is 0. The van der Waals surface area contributed by atoms with E-state index in [0.717, 1.165) is 0 Å². The van der Waals surface area contributed by atoms with Crippen molar-refractivity contribution in [3.8, 4) is 0 Å². The van der Waals surface area contributed by atoms with Crippen LogP contribution in [0.5, 0.6) is 0 Å². The Kier molecular flexibility index (Phi) is 2.86. The third kappa shape index (κ3) is 1.77. The molecule has 2 aromatic heterocycles. The zero-order chi connectivity index (χ0) is 13.6. The van der Waals surface area contributed by atoms with E-state index in [0.29, 0.717) is 22.4 Å². The monoisotopic (exact) mass is 265 g/mol. The minimum Gasteiger partial charge on any atom is -0.395 e. The molecule has 0 radical (unpaired) electrons. The second-order valence-corrected chi connectivity index (χ2v) is 4.64. The van der Waals surface area contributed by atoms with E-state index >= 15 is 0 Å². The van der Waals surface area contributed by atoms with Gasteiger partial charge in [-0.15, -0.1) is 0 Å². The molecule has 1 aliphatic rings. The van der Waals surface area contributed by atoms with Gasteiger partial charge in [-0.2, -0.15) is 0 Å². The number of nitrogens with zero attached hydrogens (tertiary/aromatic N) is 2. The molecule has 3 rings (SSSR count). The molecule has 1 fully saturated rings. The fourth-order valence-electron chi connectivity index (χ4n) is 2.51. The van der Waals surface area contributed by atoms with Crippen molar-refractivity contribution in [1.82, 2.24) is 20.3 Å². The summed E-state index contributed by atoms with van der Waals surface area (Å²) < 4.78 is 0. The van der Waals surface area contributed by atoms with Crippen molar-refractivity contribution in [3.63, 3.8) is 0 Å². The van der Waals surface area contributed by atoms with Gasteiger partial charge in [0.05, 0.1) is 30.3 Å². The van der Waals surface area contributed by atoms with Crippen LogP contribution >= 0.6 is 0 Å². The number of nitrogens with one attached hydrogen (secondary N) is 2. The van der Waals surface area contributed by atoms with Crippen molar-refractivity contribution in [3.05, 3.63) is 18.1 Å². The lowest BCUT2D eigenvalue weighted by atomic mass is 10.0. The van der Waals surface area contributed by atoms with Crippen LogP contribution in [-0.4, -0.2) is 55.1 Å². The van der Waals surface area contributed by atoms with Gasteiger partial charge in [0.1, 0.15) is 17.9 Å². The van der Waals surface area contributed by atoms with Crippen LogP contribution in [0.3, 0.4) is 0 Å². The minimum atomic E-state index is -1.03. The average molecular weight is 265 g/mol. The van der Waals surface area contributed by atoms with Crippen LogP contribution in [0, 0.1) is 0 Å². The largest absolute Gasteiger partial charge is 0.395 e. The summed E-state index contributed by atoms with van der Waals surface area (Å²) in [5.41, 5.74) is 7.60. The van der Waals surface area contributed by atoms with Crippen LogP contribution in [0.2, 0.25) is 0 Å². The highest BCUT2D eigenvalue weighted by Gasteiger charge is 2.42. The molecular formula is C11H15N5O3. The Morgan fingerprint density at radius 2 is 2.05 bits per heavy atom. The van der Waals surface area contributed by atoms with Gasteiger partial charge >= 0.3 is 0 Å². The van der Waals surface area contributed by atoms with Crippen molar-refractivity contribution in [2.45, 2.75) is 24.3 Å². The number of nitrogen functional groups attached to an aromatic ring is 1. The van der Waals surface area contributed by atoms with Gasteiger partial charge in [0.25, 0.3) is 0 Å². The van der Waals surface area contributed by atoms with Gasteiger partial charge < -0.3 is 31.4 Å². The topological polar surface area (TPSA) is 140 Å². The maximum absolute atomic E-state index is 10.0. The number of H-pyrrole nitrogens is 1. The predicted octanol–water partition coefficient (Wildman–Crippen LogP) is -1.73. The van der Waals surface area contributed by atoms with Crippen LogP contribution < -0.4 is 11.1 Å². The lowest BCUT2D eigenvalue weighted by Crippen LogP contribution is -2.35. The van der Waals surface area contributed by atoms with Crippen molar-refractivity contribution in [1.29, 1.82) is 0 Å². The zero-order valence-electron chi connectivity index (χ0n) is 9.98. The molecule has 19 heavy (non-hydrogen) atoms. The van der Waals surface area contributed by atoms with E-state index in [1.807, 2.05) is 0 Å². The molecule has 4 atom stereocenters. The average Bonchev–Trinajstić information content (AvgIpc) is 2.94. The minimum absolute atomic E-state index is 0.256. The number of aliphatic hydroxyl groups excluding tert-OH is 3. The maximum Gasteiger partial charge on any atom is 0.151 e. The summed E-state index contributed by atoms with van der Waals surface area (Å²) in [5, 5.41) is 32.0. The lowest BCUT2D eigenvalue weighted by Gasteiger charge is -2.14. The molecule has 8 heteroatoms. The second-order valence-electron chi connectivity index (χ2n) is 4.64. The van der Waals surface area contributed by atoms with Gasteiger partial charge in [-0.1, -0.05) is 0 Å². The quantitative estimate of drug-likeness (QED) is 0.379. The first-order valence-electron chi connectivity index (χ1n) is 5.94. The lowest BCUT2D eigenvalue weighted by molar-refractivity contribution is 0.0196. The Balaban J connectivity index is 2.04. The summed E-state index contributed by atoms with van der Waals surface area (Å²) in [7, 11) is 0. The van der Waals surface area contributed by atoms with Crippen LogP contribution in [0.1, 0.15) is 11.6 Å². The Labute approximate surface area is 108 Å². The summed E-state index contributed by atoms with van der Waals surface area (Å²) in [6, 6.07) is -1.08. The smallest absolute Gasteiger partial charge is 0.151 e. The van der Waals surface area contributed by atoms with Gasteiger partial charge in [-0.05, 0) is 0 Å². The van der Waals surface area contributed by atoms with Gasteiger partial charge in [-0.3, -0.25) is 0 Å². The van der Waals surface area contributed by atoms with Crippen LogP contribution in [0.4, 0.5) is 5.82 Å². The molecule has 0 saturated carbocycles. The molecular weight excluding hydrogens is 250 g/mol. The van der Waals surface area contributed by atoms with E-state index in [1.54, 1.807) is 6.20 Å². The highest BCUT2D eigenvalue weighted by molar-refractivity contribution is 5.87. The summed E-state index contributed by atoms with van der Waals surface area (Å²) in [5.74, 6) is 0.322. The molecule has 8 nitrogen and oxygen atoms in total. The van der Waals surface area contributed by atoms with Crippen LogP contribution in [0.15, 0.2) is 12.5 Å². The molecule has 0 amide bonds. The van der Waals surface area contributed by atoms with E-state index in [4.69, 9.17) is 10.8 Å². The van der Waals surface area contributed by atoms with Gasteiger partial charge in [-0.25, -0.2) is 9.97 Å². The van der Waals surface area contributed by atoms with Crippen molar-refractivity contribution >= 4 is 16.9 Å². The first-order chi connectivity index (χ1) is 9.13. The molecule has 0 aliphatic carbocycles. The highest BCUT2D eigenvalue weighted by Crippen LogP contribution is 2.32. The van der Waals surface area contributed by atoms with E-state index in [-0.39, 0.29) is 6.61 Å². The highest BCUT2D eigenvalue weighted by atomic mass is 16.3. The number of rotatable bonds is 2. The van der Waals surface area contributed by atoms with Gasteiger partial charge in [0, 0.05) is 11.8 Å². The predicted molar refractivity (Wildman–Crippen MR) is 67.1 cm³/mol. The normalized spacial score (nSPS) is 31.1. The molecule has 0 aromatic carbocycles. The first-order valence-corrected chi connectivity index (χ1v) is 5.94. The van der Waals surface area contributed by atoms with Crippen molar-refractivity contribution in [2.75, 3.05) is 12.3 Å². The third-order valence-electron chi connectivity index (χ3n) is 3.55. The number of aromatic amines is 1. The standard InChI is InChI=1S/C11H15N5O3/c12-11-8-6(14-3-15-11)4(1-13-8)7-10(19)9(18)5(2-17)16-7/h1,3,5,7,9-10,13,16-19H,2H2,(H2,12,14,15)/t5-,7?,9+,10-/m1/s1. The Hall–Kier alpha value is -1.74. The number of hydrogen-bond acceptors (Lipinski definition) is 7. The van der Waals surface area contributed by atoms with Gasteiger partial charge in [0.2, 0.25) is 0 Å². The zero-order valence-corrected chi connectivity index (χ0v) is 9.98. The number of anilines is 1. The van der Waals surface area contributed by atoms with E-state index in [9.17, 15) is 10.2 Å². The third-order valence-corrected chi connectivity index (χ3v) is 3.55. The molecule has 0 bridgehead atoms. The molecule has 7 N–H and O–H groups in total. The fourth-order valence-corrected chi connectivity index (χ4v) is 2.51. The van der Waals surface area contributed by atoms with E-state index in [1.165, 1.54) is 6.33 Å². The number of nitrogens with two attached hydrogens (primary N) is 1.